The summed E-state index contributed by atoms with van der Waals surface area (Å²) in [5, 5.41) is 4.13. The number of anilines is 1. The molecule has 0 radical (unpaired) electrons. The van der Waals surface area contributed by atoms with Crippen molar-refractivity contribution in [3.8, 4) is 11.5 Å². The molecule has 0 atom stereocenters. The number of hydrazone groups is 1. The zero-order chi connectivity index (χ0) is 28.5. The Morgan fingerprint density at radius 3 is 2.33 bits per heavy atom. The highest BCUT2D eigenvalue weighted by atomic mass is 35.5. The maximum atomic E-state index is 13.5. The predicted octanol–water partition coefficient (Wildman–Crippen LogP) is 5.93. The molecule has 0 saturated heterocycles. The number of halogens is 2. The highest BCUT2D eigenvalue weighted by Gasteiger charge is 2.29. The monoisotopic (exact) mass is 597 g/mol. The van der Waals surface area contributed by atoms with Gasteiger partial charge in [0, 0.05) is 0 Å². The lowest BCUT2D eigenvalue weighted by Crippen LogP contribution is -2.39. The van der Waals surface area contributed by atoms with Crippen LogP contribution in [0.2, 0.25) is 10.0 Å². The molecular formula is C29H25Cl2N3O5S. The Labute approximate surface area is 242 Å². The van der Waals surface area contributed by atoms with Crippen LogP contribution < -0.4 is 19.2 Å². The molecule has 0 bridgehead atoms. The van der Waals surface area contributed by atoms with E-state index in [0.29, 0.717) is 23.7 Å². The van der Waals surface area contributed by atoms with Gasteiger partial charge < -0.3 is 9.47 Å². The minimum Gasteiger partial charge on any atom is -0.493 e. The summed E-state index contributed by atoms with van der Waals surface area (Å²) in [4.78, 5) is 12.8. The SMILES string of the molecule is COc1cc(/C=N\NC(=O)CN(c2cccc(Cl)c2Cl)S(=O)(=O)c2ccccc2)ccc1OCc1ccccc1. The molecule has 0 aliphatic rings. The smallest absolute Gasteiger partial charge is 0.264 e. The molecule has 0 fully saturated rings. The molecule has 40 heavy (non-hydrogen) atoms. The molecular weight excluding hydrogens is 573 g/mol. The highest BCUT2D eigenvalue weighted by molar-refractivity contribution is 7.92. The second kappa shape index (κ2) is 13.3. The van der Waals surface area contributed by atoms with Crippen LogP contribution in [0.4, 0.5) is 5.69 Å². The van der Waals surface area contributed by atoms with Crippen molar-refractivity contribution in [1.82, 2.24) is 5.43 Å². The Balaban J connectivity index is 1.48. The van der Waals surface area contributed by atoms with E-state index >= 15 is 0 Å². The summed E-state index contributed by atoms with van der Waals surface area (Å²) >= 11 is 12.5. The van der Waals surface area contributed by atoms with E-state index in [1.165, 1.54) is 37.6 Å². The molecule has 1 N–H and O–H groups in total. The summed E-state index contributed by atoms with van der Waals surface area (Å²) in [5.41, 5.74) is 4.06. The molecule has 8 nitrogen and oxygen atoms in total. The van der Waals surface area contributed by atoms with Gasteiger partial charge in [0.15, 0.2) is 11.5 Å². The number of carbonyl (C=O) groups excluding carboxylic acids is 1. The van der Waals surface area contributed by atoms with Crippen molar-refractivity contribution >= 4 is 51.0 Å². The number of ether oxygens (including phenoxy) is 2. The first-order chi connectivity index (χ1) is 19.3. The number of benzene rings is 4. The lowest BCUT2D eigenvalue weighted by molar-refractivity contribution is -0.119. The number of nitrogens with zero attached hydrogens (tertiary/aromatic N) is 2. The molecule has 4 aromatic rings. The average Bonchev–Trinajstić information content (AvgIpc) is 2.97. The van der Waals surface area contributed by atoms with E-state index in [4.69, 9.17) is 32.7 Å². The van der Waals surface area contributed by atoms with Crippen LogP contribution in [-0.2, 0) is 21.4 Å². The lowest BCUT2D eigenvalue weighted by atomic mass is 10.2. The van der Waals surface area contributed by atoms with Crippen LogP contribution in [0.5, 0.6) is 11.5 Å². The summed E-state index contributed by atoms with van der Waals surface area (Å²) in [5.74, 6) is 0.344. The van der Waals surface area contributed by atoms with E-state index in [1.54, 1.807) is 42.5 Å². The zero-order valence-electron chi connectivity index (χ0n) is 21.3. The van der Waals surface area contributed by atoms with Crippen molar-refractivity contribution in [2.45, 2.75) is 11.5 Å². The quantitative estimate of drug-likeness (QED) is 0.171. The van der Waals surface area contributed by atoms with Gasteiger partial charge in [-0.05, 0) is 53.6 Å². The standard InChI is InChI=1S/C29H25Cl2N3O5S/c1-38-27-17-22(15-16-26(27)39-20-21-9-4-2-5-10-21)18-32-33-28(35)19-34(25-14-8-13-24(30)29(25)31)40(36,37)23-11-6-3-7-12-23/h2-18H,19-20H2,1H3,(H,33,35)/b32-18-. The average molecular weight is 599 g/mol. The van der Waals surface area contributed by atoms with E-state index in [0.717, 1.165) is 9.87 Å². The minimum atomic E-state index is -4.16. The van der Waals surface area contributed by atoms with Gasteiger partial charge in [-0.2, -0.15) is 5.10 Å². The molecule has 4 aromatic carbocycles. The van der Waals surface area contributed by atoms with Crippen LogP contribution in [0.15, 0.2) is 107 Å². The Bertz CT molecular complexity index is 1600. The first kappa shape index (κ1) is 28.9. The molecule has 0 spiro atoms. The van der Waals surface area contributed by atoms with Gasteiger partial charge in [-0.1, -0.05) is 77.8 Å². The third-order valence-corrected chi connectivity index (χ3v) is 8.23. The van der Waals surface area contributed by atoms with Crippen LogP contribution >= 0.6 is 23.2 Å². The van der Waals surface area contributed by atoms with Gasteiger partial charge in [-0.15, -0.1) is 0 Å². The first-order valence-corrected chi connectivity index (χ1v) is 14.2. The lowest BCUT2D eigenvalue weighted by Gasteiger charge is -2.24. The fraction of sp³-hybridized carbons (Fsp3) is 0.103. The summed E-state index contributed by atoms with van der Waals surface area (Å²) in [6.45, 7) is -0.218. The van der Waals surface area contributed by atoms with E-state index in [1.807, 2.05) is 30.3 Å². The van der Waals surface area contributed by atoms with Crippen molar-refractivity contribution in [2.24, 2.45) is 5.10 Å². The number of rotatable bonds is 11. The number of nitrogens with one attached hydrogen (secondary N) is 1. The number of sulfonamides is 1. The summed E-state index contributed by atoms with van der Waals surface area (Å²) in [6, 6.07) is 27.2. The van der Waals surface area contributed by atoms with Gasteiger partial charge in [0.25, 0.3) is 15.9 Å². The van der Waals surface area contributed by atoms with Crippen molar-refractivity contribution in [3.05, 3.63) is 118 Å². The van der Waals surface area contributed by atoms with Gasteiger partial charge in [-0.3, -0.25) is 9.10 Å². The summed E-state index contributed by atoms with van der Waals surface area (Å²) in [7, 11) is -2.63. The molecule has 0 saturated carbocycles. The fourth-order valence-corrected chi connectivity index (χ4v) is 5.57. The molecule has 206 valence electrons. The molecule has 1 amide bonds. The largest absolute Gasteiger partial charge is 0.493 e. The number of methoxy groups -OCH3 is 1. The van der Waals surface area contributed by atoms with E-state index in [-0.39, 0.29) is 20.6 Å². The van der Waals surface area contributed by atoms with Crippen LogP contribution in [0.3, 0.4) is 0 Å². The second-order valence-electron chi connectivity index (χ2n) is 8.38. The molecule has 0 heterocycles. The Kier molecular flexibility index (Phi) is 9.65. The highest BCUT2D eigenvalue weighted by Crippen LogP contribution is 2.35. The van der Waals surface area contributed by atoms with Crippen LogP contribution in [0, 0.1) is 0 Å². The van der Waals surface area contributed by atoms with Gasteiger partial charge in [0.1, 0.15) is 13.2 Å². The first-order valence-electron chi connectivity index (χ1n) is 12.0. The fourth-order valence-electron chi connectivity index (χ4n) is 3.67. The van der Waals surface area contributed by atoms with Gasteiger partial charge in [0.05, 0.1) is 34.0 Å². The Hall–Kier alpha value is -4.05. The molecule has 11 heteroatoms. The van der Waals surface area contributed by atoms with E-state index in [2.05, 4.69) is 10.5 Å². The molecule has 0 aliphatic carbocycles. The van der Waals surface area contributed by atoms with Crippen molar-refractivity contribution in [2.75, 3.05) is 18.0 Å². The van der Waals surface area contributed by atoms with Crippen molar-refractivity contribution < 1.29 is 22.7 Å². The predicted molar refractivity (Wildman–Crippen MR) is 157 cm³/mol. The third kappa shape index (κ3) is 7.12. The number of hydrogen-bond acceptors (Lipinski definition) is 6. The second-order valence-corrected chi connectivity index (χ2v) is 11.0. The minimum absolute atomic E-state index is 0.00152. The Morgan fingerprint density at radius 1 is 0.925 bits per heavy atom. The summed E-state index contributed by atoms with van der Waals surface area (Å²) < 4.78 is 39.1. The van der Waals surface area contributed by atoms with Crippen LogP contribution in [0.1, 0.15) is 11.1 Å². The number of hydrogen-bond donors (Lipinski definition) is 1. The van der Waals surface area contributed by atoms with E-state index < -0.39 is 22.5 Å². The van der Waals surface area contributed by atoms with Gasteiger partial charge in [0.2, 0.25) is 0 Å². The van der Waals surface area contributed by atoms with Crippen molar-refractivity contribution in [3.63, 3.8) is 0 Å². The number of amides is 1. The van der Waals surface area contributed by atoms with Gasteiger partial charge in [-0.25, -0.2) is 13.8 Å². The topological polar surface area (TPSA) is 97.3 Å². The van der Waals surface area contributed by atoms with Crippen LogP contribution in [0.25, 0.3) is 0 Å². The third-order valence-electron chi connectivity index (χ3n) is 5.65. The van der Waals surface area contributed by atoms with Gasteiger partial charge >= 0.3 is 0 Å². The molecule has 0 aliphatic heterocycles. The zero-order valence-corrected chi connectivity index (χ0v) is 23.7. The molecule has 0 aromatic heterocycles. The number of carbonyl (C=O) groups is 1. The molecule has 0 unspecified atom stereocenters. The maximum absolute atomic E-state index is 13.5. The maximum Gasteiger partial charge on any atom is 0.264 e. The normalized spacial score (nSPS) is 11.3. The molecule has 4 rings (SSSR count). The Morgan fingerprint density at radius 2 is 1.62 bits per heavy atom. The van der Waals surface area contributed by atoms with E-state index in [9.17, 15) is 13.2 Å². The summed E-state index contributed by atoms with van der Waals surface area (Å²) in [6.07, 6.45) is 1.41. The van der Waals surface area contributed by atoms with Crippen molar-refractivity contribution in [1.29, 1.82) is 0 Å². The van der Waals surface area contributed by atoms with Crippen LogP contribution in [-0.4, -0.2) is 34.2 Å².